The Kier molecular flexibility index (Phi) is 11.4. The lowest BCUT2D eigenvalue weighted by Gasteiger charge is -2.27. The molecule has 0 spiro atoms. The predicted octanol–water partition coefficient (Wildman–Crippen LogP) is 4.07. The van der Waals surface area contributed by atoms with Gasteiger partial charge in [0, 0.05) is 6.54 Å². The van der Waals surface area contributed by atoms with E-state index in [0.29, 0.717) is 29.7 Å². The summed E-state index contributed by atoms with van der Waals surface area (Å²) in [7, 11) is -4.41. The van der Waals surface area contributed by atoms with Crippen LogP contribution in [0.15, 0.2) is 16.0 Å². The van der Waals surface area contributed by atoms with E-state index in [1.54, 1.807) is 47.6 Å². The summed E-state index contributed by atoms with van der Waals surface area (Å²) in [5, 5.41) is 3.05. The highest BCUT2D eigenvalue weighted by atomic mass is 32.2. The maximum Gasteiger partial charge on any atom is 0.408 e. The van der Waals surface area contributed by atoms with Crippen LogP contribution >= 0.6 is 12.2 Å². The Morgan fingerprint density at radius 3 is 2.30 bits per heavy atom. The first kappa shape index (κ1) is 32.6. The molecule has 1 rings (SSSR count). The van der Waals surface area contributed by atoms with Crippen molar-refractivity contribution in [3.8, 4) is 5.75 Å². The maximum atomic E-state index is 13.0. The van der Waals surface area contributed by atoms with Crippen molar-refractivity contribution in [2.24, 2.45) is 10.7 Å². The Bertz CT molecular complexity index is 1130. The second-order valence-electron chi connectivity index (χ2n) is 10.7. The smallest absolute Gasteiger partial charge is 0.408 e. The van der Waals surface area contributed by atoms with Crippen LogP contribution in [0.25, 0.3) is 0 Å². The number of nitrogens with two attached hydrogens (primary N) is 1. The van der Waals surface area contributed by atoms with Crippen LogP contribution in [0.4, 0.5) is 4.79 Å². The Hall–Kier alpha value is -2.38. The lowest BCUT2D eigenvalue weighted by molar-refractivity contribution is 0.0513. The number of hydrogen-bond acceptors (Lipinski definition) is 8. The fourth-order valence-electron chi connectivity index (χ4n) is 3.43. The number of methoxy groups -OCH3 is 1. The number of carbonyl (C=O) groups is 1. The number of thiocarbonyl (C=S) groups is 1. The molecule has 0 fully saturated rings. The minimum atomic E-state index is -3.96. The molecular weight excluding hydrogens is 533 g/mol. The monoisotopic (exact) mass is 574 g/mol. The fraction of sp³-hybridized carbons (Fsp3) is 0.625. The standard InChI is InChI=1S/C24H42N4O6S2Si/c1-15-14-19(32-7)16(2)17(3)20(15)36(30,31)28-22(25)26-13-11-12-18(21(35)34-37(8,9)10)27-23(29)33-24(4,5)6/h14,18H,11-13H2,1-10H3,(H,27,29)(H3,25,26,28). The number of aliphatic imine (C=N–C) groups is 1. The molecule has 13 heteroatoms. The number of benzene rings is 1. The molecule has 1 amide bonds. The van der Waals surface area contributed by atoms with Gasteiger partial charge in [0.2, 0.25) is 14.3 Å². The van der Waals surface area contributed by atoms with Gasteiger partial charge in [-0.3, -0.25) is 4.99 Å². The van der Waals surface area contributed by atoms with Gasteiger partial charge in [0.15, 0.2) is 5.05 Å². The third-order valence-corrected chi connectivity index (χ3v) is 8.01. The number of rotatable bonds is 10. The second kappa shape index (κ2) is 12.9. The third kappa shape index (κ3) is 10.9. The number of guanidine groups is 1. The van der Waals surface area contributed by atoms with E-state index in [-0.39, 0.29) is 22.5 Å². The van der Waals surface area contributed by atoms with E-state index in [1.165, 1.54) is 7.11 Å². The largest absolute Gasteiger partial charge is 0.538 e. The van der Waals surface area contributed by atoms with E-state index >= 15 is 0 Å². The van der Waals surface area contributed by atoms with Gasteiger partial charge in [-0.1, -0.05) is 0 Å². The van der Waals surface area contributed by atoms with Gasteiger partial charge in [-0.05, 0) is 109 Å². The van der Waals surface area contributed by atoms with Gasteiger partial charge in [-0.15, -0.1) is 0 Å². The normalized spacial score (nSPS) is 13.5. The Labute approximate surface area is 227 Å². The van der Waals surface area contributed by atoms with E-state index < -0.39 is 36.1 Å². The average Bonchev–Trinajstić information content (AvgIpc) is 2.69. The number of carbonyl (C=O) groups excluding carboxylic acids is 1. The highest BCUT2D eigenvalue weighted by Crippen LogP contribution is 2.30. The zero-order chi connectivity index (χ0) is 28.8. The van der Waals surface area contributed by atoms with Crippen molar-refractivity contribution in [1.29, 1.82) is 0 Å². The molecule has 0 radical (unpaired) electrons. The molecule has 0 aliphatic rings. The number of aryl methyl sites for hydroxylation is 1. The highest BCUT2D eigenvalue weighted by Gasteiger charge is 2.27. The first-order valence-electron chi connectivity index (χ1n) is 12.0. The molecule has 0 aliphatic carbocycles. The molecule has 0 saturated heterocycles. The predicted molar refractivity (Wildman–Crippen MR) is 153 cm³/mol. The summed E-state index contributed by atoms with van der Waals surface area (Å²) in [6.07, 6.45) is 0.259. The Balaban J connectivity index is 2.91. The summed E-state index contributed by atoms with van der Waals surface area (Å²) in [4.78, 5) is 16.6. The molecule has 10 nitrogen and oxygen atoms in total. The van der Waals surface area contributed by atoms with E-state index in [1.807, 2.05) is 19.6 Å². The van der Waals surface area contributed by atoms with Crippen LogP contribution in [0.5, 0.6) is 5.75 Å². The Morgan fingerprint density at radius 1 is 1.19 bits per heavy atom. The van der Waals surface area contributed by atoms with Gasteiger partial charge in [0.05, 0.1) is 18.0 Å². The molecule has 37 heavy (non-hydrogen) atoms. The topological polar surface area (TPSA) is 141 Å². The van der Waals surface area contributed by atoms with Crippen molar-refractivity contribution in [3.05, 3.63) is 22.8 Å². The minimum Gasteiger partial charge on any atom is -0.538 e. The molecule has 0 heterocycles. The van der Waals surface area contributed by atoms with Gasteiger partial charge in [-0.2, -0.15) is 0 Å². The van der Waals surface area contributed by atoms with Crippen LogP contribution in [0, 0.1) is 20.8 Å². The van der Waals surface area contributed by atoms with Crippen molar-refractivity contribution in [1.82, 2.24) is 10.0 Å². The van der Waals surface area contributed by atoms with E-state index in [0.717, 1.165) is 5.56 Å². The molecule has 1 aromatic carbocycles. The first-order chi connectivity index (χ1) is 16.8. The van der Waals surface area contributed by atoms with E-state index in [4.69, 9.17) is 31.9 Å². The number of amides is 1. The summed E-state index contributed by atoms with van der Waals surface area (Å²) in [6, 6.07) is 1.10. The zero-order valence-corrected chi connectivity index (χ0v) is 26.2. The van der Waals surface area contributed by atoms with Crippen LogP contribution in [-0.4, -0.2) is 59.1 Å². The van der Waals surface area contributed by atoms with Crippen molar-refractivity contribution < 1.29 is 27.1 Å². The first-order valence-corrected chi connectivity index (χ1v) is 17.3. The van der Waals surface area contributed by atoms with Gasteiger partial charge in [0.25, 0.3) is 10.0 Å². The lowest BCUT2D eigenvalue weighted by atomic mass is 10.1. The van der Waals surface area contributed by atoms with Crippen molar-refractivity contribution >= 4 is 47.7 Å². The van der Waals surface area contributed by atoms with Crippen molar-refractivity contribution in [2.75, 3.05) is 13.7 Å². The summed E-state index contributed by atoms with van der Waals surface area (Å²) < 4.78 is 45.0. The van der Waals surface area contributed by atoms with Crippen LogP contribution < -0.4 is 20.5 Å². The fourth-order valence-corrected chi connectivity index (χ4v) is 6.59. The Morgan fingerprint density at radius 2 is 1.78 bits per heavy atom. The quantitative estimate of drug-likeness (QED) is 0.125. The molecule has 210 valence electrons. The average molecular weight is 575 g/mol. The van der Waals surface area contributed by atoms with Crippen LogP contribution in [-0.2, 0) is 19.2 Å². The number of hydrogen-bond donors (Lipinski definition) is 3. The second-order valence-corrected chi connectivity index (χ2v) is 17.2. The van der Waals surface area contributed by atoms with E-state index in [2.05, 4.69) is 15.0 Å². The molecule has 0 aromatic heterocycles. The van der Waals surface area contributed by atoms with Gasteiger partial charge < -0.3 is 25.0 Å². The lowest BCUT2D eigenvalue weighted by Crippen LogP contribution is -2.46. The molecule has 4 N–H and O–H groups in total. The molecule has 1 atom stereocenters. The highest BCUT2D eigenvalue weighted by molar-refractivity contribution is 7.90. The number of nitrogens with one attached hydrogen (secondary N) is 2. The van der Waals surface area contributed by atoms with Crippen molar-refractivity contribution in [3.63, 3.8) is 0 Å². The summed E-state index contributed by atoms with van der Waals surface area (Å²) >= 11 is 5.44. The zero-order valence-electron chi connectivity index (χ0n) is 23.6. The molecular formula is C24H42N4O6S2Si. The van der Waals surface area contributed by atoms with Crippen LogP contribution in [0.2, 0.25) is 19.6 Å². The third-order valence-electron chi connectivity index (χ3n) is 5.02. The number of alkyl carbamates (subject to hydrolysis) is 1. The van der Waals surface area contributed by atoms with Gasteiger partial charge in [0.1, 0.15) is 11.4 Å². The molecule has 0 saturated carbocycles. The molecule has 0 bridgehead atoms. The summed E-state index contributed by atoms with van der Waals surface area (Å²) in [6.45, 7) is 16.7. The van der Waals surface area contributed by atoms with Crippen LogP contribution in [0.3, 0.4) is 0 Å². The molecule has 1 aromatic rings. The minimum absolute atomic E-state index is 0.138. The summed E-state index contributed by atoms with van der Waals surface area (Å²) in [5.74, 6) is 0.381. The van der Waals surface area contributed by atoms with E-state index in [9.17, 15) is 13.2 Å². The number of ether oxygens (including phenoxy) is 2. The molecule has 0 aliphatic heterocycles. The SMILES string of the molecule is COc1cc(C)c(S(=O)(=O)NC(N)=NCCCC(NC(=O)OC(C)(C)C)C(=S)O[Si](C)(C)C)c(C)c1C. The van der Waals surface area contributed by atoms with Gasteiger partial charge in [-0.25, -0.2) is 17.9 Å². The molecule has 1 unspecified atom stereocenters. The number of nitrogens with zero attached hydrogens (tertiary/aromatic N) is 1. The van der Waals surface area contributed by atoms with Gasteiger partial charge >= 0.3 is 6.09 Å². The maximum absolute atomic E-state index is 13.0. The number of sulfonamides is 1. The van der Waals surface area contributed by atoms with Crippen molar-refractivity contribution in [2.45, 2.75) is 90.6 Å². The van der Waals surface area contributed by atoms with Crippen LogP contribution in [0.1, 0.15) is 50.3 Å². The summed E-state index contributed by atoms with van der Waals surface area (Å²) in [5.41, 5.74) is 7.07.